The summed E-state index contributed by atoms with van der Waals surface area (Å²) in [6.07, 6.45) is 1.77. The van der Waals surface area contributed by atoms with Gasteiger partial charge >= 0.3 is 0 Å². The van der Waals surface area contributed by atoms with E-state index in [-0.39, 0.29) is 0 Å². The van der Waals surface area contributed by atoms with Crippen molar-refractivity contribution in [1.29, 1.82) is 5.26 Å². The highest BCUT2D eigenvalue weighted by Crippen LogP contribution is 2.05. The molecule has 0 radical (unpaired) electrons. The van der Waals surface area contributed by atoms with E-state index in [0.29, 0.717) is 16.0 Å². The van der Waals surface area contributed by atoms with Crippen LogP contribution in [0.4, 0.5) is 0 Å². The summed E-state index contributed by atoms with van der Waals surface area (Å²) in [5, 5.41) is 15.2. The van der Waals surface area contributed by atoms with Crippen LogP contribution in [-0.4, -0.2) is 14.6 Å². The normalized spacial score (nSPS) is 9.92. The molecule has 0 aromatic carbocycles. The van der Waals surface area contributed by atoms with Crippen molar-refractivity contribution >= 4 is 17.9 Å². The van der Waals surface area contributed by atoms with Gasteiger partial charge in [0.25, 0.3) is 0 Å². The molecule has 0 unspecified atom stereocenters. The number of nitrogens with one attached hydrogen (secondary N) is 1. The van der Waals surface area contributed by atoms with E-state index in [0.717, 1.165) is 0 Å². The van der Waals surface area contributed by atoms with Crippen LogP contribution in [0.15, 0.2) is 18.3 Å². The maximum absolute atomic E-state index is 8.69. The van der Waals surface area contributed by atoms with Crippen molar-refractivity contribution in [3.8, 4) is 6.07 Å². The molecule has 2 aromatic rings. The molecule has 0 amide bonds. The van der Waals surface area contributed by atoms with Crippen molar-refractivity contribution in [3.63, 3.8) is 0 Å². The SMILES string of the molecule is N#Cc1cccn2c(=S)[nH]nc12. The lowest BCUT2D eigenvalue weighted by Gasteiger charge is -1.90. The van der Waals surface area contributed by atoms with Crippen molar-refractivity contribution in [2.45, 2.75) is 0 Å². The van der Waals surface area contributed by atoms with Gasteiger partial charge in [-0.3, -0.25) is 9.50 Å². The quantitative estimate of drug-likeness (QED) is 0.615. The number of H-pyrrole nitrogens is 1. The van der Waals surface area contributed by atoms with Gasteiger partial charge in [0.2, 0.25) is 0 Å². The third-order valence-corrected chi connectivity index (χ3v) is 1.85. The van der Waals surface area contributed by atoms with Crippen LogP contribution in [-0.2, 0) is 0 Å². The highest BCUT2D eigenvalue weighted by Gasteiger charge is 2.01. The number of nitrogens with zero attached hydrogens (tertiary/aromatic N) is 3. The minimum atomic E-state index is 0.502. The molecule has 0 saturated carbocycles. The van der Waals surface area contributed by atoms with Crippen LogP contribution >= 0.6 is 12.2 Å². The van der Waals surface area contributed by atoms with Crippen LogP contribution in [0.5, 0.6) is 0 Å². The molecule has 0 aliphatic rings. The van der Waals surface area contributed by atoms with Crippen LogP contribution in [0.3, 0.4) is 0 Å². The molecule has 2 heterocycles. The van der Waals surface area contributed by atoms with E-state index in [1.165, 1.54) is 0 Å². The molecule has 0 bridgehead atoms. The summed E-state index contributed by atoms with van der Waals surface area (Å²) < 4.78 is 2.16. The summed E-state index contributed by atoms with van der Waals surface area (Å²) in [5.41, 5.74) is 1.09. The first kappa shape index (κ1) is 7.00. The molecule has 58 valence electrons. The lowest BCUT2D eigenvalue weighted by molar-refractivity contribution is 1.07. The summed E-state index contributed by atoms with van der Waals surface area (Å²) in [7, 11) is 0. The van der Waals surface area contributed by atoms with E-state index in [2.05, 4.69) is 10.2 Å². The fourth-order valence-electron chi connectivity index (χ4n) is 1.02. The summed E-state index contributed by atoms with van der Waals surface area (Å²) in [6.45, 7) is 0. The number of nitriles is 1. The zero-order valence-electron chi connectivity index (χ0n) is 5.98. The Morgan fingerprint density at radius 3 is 3.25 bits per heavy atom. The molecular formula is C7H4N4S. The van der Waals surface area contributed by atoms with Crippen LogP contribution in [0, 0.1) is 16.1 Å². The fraction of sp³-hybridized carbons (Fsp3) is 0. The van der Waals surface area contributed by atoms with Crippen LogP contribution in [0.2, 0.25) is 0 Å². The van der Waals surface area contributed by atoms with Gasteiger partial charge in [0.15, 0.2) is 10.4 Å². The minimum Gasteiger partial charge on any atom is -0.274 e. The summed E-state index contributed by atoms with van der Waals surface area (Å²) in [5.74, 6) is 0. The summed E-state index contributed by atoms with van der Waals surface area (Å²) >= 11 is 4.93. The molecule has 4 nitrogen and oxygen atoms in total. The van der Waals surface area contributed by atoms with Gasteiger partial charge in [-0.2, -0.15) is 10.4 Å². The van der Waals surface area contributed by atoms with Gasteiger partial charge in [-0.15, -0.1) is 0 Å². The molecule has 0 atom stereocenters. The Hall–Kier alpha value is -1.67. The lowest BCUT2D eigenvalue weighted by Crippen LogP contribution is -1.86. The van der Waals surface area contributed by atoms with Crippen molar-refractivity contribution in [3.05, 3.63) is 28.7 Å². The predicted octanol–water partition coefficient (Wildman–Crippen LogP) is 1.26. The van der Waals surface area contributed by atoms with E-state index in [1.54, 1.807) is 22.7 Å². The Balaban J connectivity index is 3.02. The van der Waals surface area contributed by atoms with Gasteiger partial charge in [-0.25, -0.2) is 0 Å². The zero-order chi connectivity index (χ0) is 8.55. The Kier molecular flexibility index (Phi) is 1.42. The van der Waals surface area contributed by atoms with Crippen molar-refractivity contribution in [1.82, 2.24) is 14.6 Å². The van der Waals surface area contributed by atoms with Gasteiger partial charge < -0.3 is 0 Å². The average molecular weight is 176 g/mol. The Bertz CT molecular complexity index is 516. The lowest BCUT2D eigenvalue weighted by atomic mass is 10.3. The standard InChI is InChI=1S/C7H4N4S/c8-4-5-2-1-3-11-6(5)9-10-7(11)12/h1-3H,(H,10,12). The monoisotopic (exact) mass is 176 g/mol. The average Bonchev–Trinajstić information content (AvgIpc) is 2.48. The molecule has 5 heteroatoms. The first-order valence-electron chi connectivity index (χ1n) is 3.29. The Labute approximate surface area is 73.1 Å². The second kappa shape index (κ2) is 2.43. The number of hydrogen-bond acceptors (Lipinski definition) is 3. The maximum atomic E-state index is 8.69. The molecule has 0 aliphatic carbocycles. The summed E-state index contributed by atoms with van der Waals surface area (Å²) in [4.78, 5) is 0. The zero-order valence-corrected chi connectivity index (χ0v) is 6.80. The number of aromatic amines is 1. The molecule has 0 aliphatic heterocycles. The summed E-state index contributed by atoms with van der Waals surface area (Å²) in [6, 6.07) is 5.49. The number of fused-ring (bicyclic) bond motifs is 1. The first-order chi connectivity index (χ1) is 5.83. The third kappa shape index (κ3) is 0.822. The largest absolute Gasteiger partial charge is 0.274 e. The van der Waals surface area contributed by atoms with E-state index in [4.69, 9.17) is 17.5 Å². The van der Waals surface area contributed by atoms with Gasteiger partial charge in [-0.1, -0.05) is 0 Å². The van der Waals surface area contributed by atoms with Crippen molar-refractivity contribution in [2.24, 2.45) is 0 Å². The number of rotatable bonds is 0. The first-order valence-corrected chi connectivity index (χ1v) is 3.69. The topological polar surface area (TPSA) is 56.9 Å². The maximum Gasteiger partial charge on any atom is 0.199 e. The van der Waals surface area contributed by atoms with Gasteiger partial charge in [0.05, 0.1) is 5.56 Å². The van der Waals surface area contributed by atoms with Crippen molar-refractivity contribution < 1.29 is 0 Å². The van der Waals surface area contributed by atoms with Gasteiger partial charge in [0.1, 0.15) is 6.07 Å². The number of aromatic nitrogens is 3. The second-order valence-corrected chi connectivity index (χ2v) is 2.64. The predicted molar refractivity (Wildman–Crippen MR) is 45.1 cm³/mol. The molecule has 0 spiro atoms. The van der Waals surface area contributed by atoms with Crippen LogP contribution in [0.1, 0.15) is 5.56 Å². The van der Waals surface area contributed by atoms with E-state index in [9.17, 15) is 0 Å². The smallest absolute Gasteiger partial charge is 0.199 e. The Morgan fingerprint density at radius 2 is 2.50 bits per heavy atom. The number of pyridine rings is 1. The van der Waals surface area contributed by atoms with Crippen molar-refractivity contribution in [2.75, 3.05) is 0 Å². The molecular weight excluding hydrogens is 172 g/mol. The fourth-order valence-corrected chi connectivity index (χ4v) is 1.21. The van der Waals surface area contributed by atoms with Gasteiger partial charge in [-0.05, 0) is 24.4 Å². The molecule has 2 aromatic heterocycles. The van der Waals surface area contributed by atoms with E-state index in [1.807, 2.05) is 6.07 Å². The van der Waals surface area contributed by atoms with Crippen LogP contribution < -0.4 is 0 Å². The highest BCUT2D eigenvalue weighted by atomic mass is 32.1. The number of hydrogen-bond donors (Lipinski definition) is 1. The molecule has 2 rings (SSSR count). The molecule has 12 heavy (non-hydrogen) atoms. The van der Waals surface area contributed by atoms with E-state index >= 15 is 0 Å². The Morgan fingerprint density at radius 1 is 1.67 bits per heavy atom. The molecule has 0 saturated heterocycles. The highest BCUT2D eigenvalue weighted by molar-refractivity contribution is 7.71. The van der Waals surface area contributed by atoms with Crippen LogP contribution in [0.25, 0.3) is 5.65 Å². The molecule has 1 N–H and O–H groups in total. The third-order valence-electron chi connectivity index (χ3n) is 1.56. The van der Waals surface area contributed by atoms with Gasteiger partial charge in [0, 0.05) is 6.20 Å². The second-order valence-electron chi connectivity index (χ2n) is 2.26. The minimum absolute atomic E-state index is 0.502. The van der Waals surface area contributed by atoms with E-state index < -0.39 is 0 Å². The molecule has 0 fully saturated rings.